The molecule has 10 rings (SSSR count). The lowest BCUT2D eigenvalue weighted by Crippen LogP contribution is -2.61. The summed E-state index contributed by atoms with van der Waals surface area (Å²) in [5, 5.41) is 23.4. The van der Waals surface area contributed by atoms with E-state index in [0.29, 0.717) is 57.4 Å². The molecule has 9 atom stereocenters. The average Bonchev–Trinajstić information content (AvgIpc) is 4.27. The zero-order valence-corrected chi connectivity index (χ0v) is 44.0. The second kappa shape index (κ2) is 23.1. The van der Waals surface area contributed by atoms with Crippen LogP contribution in [-0.4, -0.2) is 157 Å². The second-order valence-corrected chi connectivity index (χ2v) is 21.1. The van der Waals surface area contributed by atoms with Gasteiger partial charge in [-0.3, -0.25) is 29.3 Å². The summed E-state index contributed by atoms with van der Waals surface area (Å²) >= 11 is 0. The lowest BCUT2D eigenvalue weighted by Gasteiger charge is -2.40. The van der Waals surface area contributed by atoms with Crippen LogP contribution in [0.4, 0.5) is 0 Å². The summed E-state index contributed by atoms with van der Waals surface area (Å²) in [6, 6.07) is 28.6. The highest BCUT2D eigenvalue weighted by atomic mass is 16.3. The molecular weight excluding hydrogens is 961 g/mol. The van der Waals surface area contributed by atoms with Gasteiger partial charge in [-0.05, 0) is 103 Å². The van der Waals surface area contributed by atoms with Crippen LogP contribution in [0.5, 0.6) is 0 Å². The summed E-state index contributed by atoms with van der Waals surface area (Å²) in [5.74, 6) is 0.393. The molecule has 2 aromatic heterocycles. The maximum absolute atomic E-state index is 14.9. The zero-order chi connectivity index (χ0) is 53.0. The topological polar surface area (TPSA) is 224 Å². The summed E-state index contributed by atoms with van der Waals surface area (Å²) in [4.78, 5) is 96.0. The zero-order valence-electron chi connectivity index (χ0n) is 44.0. The molecule has 4 aliphatic rings. The molecule has 4 aromatic carbocycles. The van der Waals surface area contributed by atoms with Crippen molar-refractivity contribution in [2.45, 2.75) is 133 Å². The van der Waals surface area contributed by atoms with Gasteiger partial charge in [0.1, 0.15) is 30.0 Å². The largest absolute Gasteiger partial charge is 0.377 e. The molecule has 4 aliphatic heterocycles. The number of para-hydroxylation sites is 2. The van der Waals surface area contributed by atoms with Crippen LogP contribution in [0, 0.1) is 0 Å². The fourth-order valence-electron chi connectivity index (χ4n) is 11.9. The smallest absolute Gasteiger partial charge is 0.247 e. The molecule has 4 fully saturated rings. The van der Waals surface area contributed by atoms with Gasteiger partial charge in [-0.25, -0.2) is 9.97 Å². The first-order valence-electron chi connectivity index (χ1n) is 27.3. The molecule has 5 amide bonds. The highest BCUT2D eigenvalue weighted by Crippen LogP contribution is 2.41. The van der Waals surface area contributed by atoms with E-state index in [9.17, 15) is 29.1 Å². The Balaban J connectivity index is 0.793. The molecule has 0 aliphatic carbocycles. The van der Waals surface area contributed by atoms with Crippen molar-refractivity contribution in [2.75, 3.05) is 40.3 Å². The average molecular weight is 1030 g/mol. The van der Waals surface area contributed by atoms with Crippen molar-refractivity contribution in [2.24, 2.45) is 0 Å². The summed E-state index contributed by atoms with van der Waals surface area (Å²) < 4.78 is 0. The number of hydrogen-bond acceptors (Lipinski definition) is 11. The Morgan fingerprint density at radius 1 is 0.618 bits per heavy atom. The van der Waals surface area contributed by atoms with Crippen LogP contribution < -0.4 is 21.3 Å². The van der Waals surface area contributed by atoms with E-state index in [0.717, 1.165) is 63.0 Å². The molecule has 0 radical (unpaired) electrons. The molecule has 18 heteroatoms. The monoisotopic (exact) mass is 1030 g/mol. The Labute approximate surface area is 443 Å². The molecule has 0 saturated carbocycles. The van der Waals surface area contributed by atoms with E-state index >= 15 is 0 Å². The van der Waals surface area contributed by atoms with Gasteiger partial charge < -0.3 is 50.6 Å². The second-order valence-electron chi connectivity index (χ2n) is 21.1. The quantitative estimate of drug-likeness (QED) is 0.0471. The molecule has 4 saturated heterocycles. The number of amides is 5. The van der Waals surface area contributed by atoms with E-state index in [1.807, 2.05) is 77.4 Å². The van der Waals surface area contributed by atoms with E-state index in [1.54, 1.807) is 30.8 Å². The van der Waals surface area contributed by atoms with Gasteiger partial charge in [0.05, 0.1) is 40.2 Å². The number of nitrogens with one attached hydrogen (secondary N) is 6. The Kier molecular flexibility index (Phi) is 15.9. The number of aromatic amines is 2. The van der Waals surface area contributed by atoms with Crippen molar-refractivity contribution in [3.63, 3.8) is 0 Å². The molecule has 18 nitrogen and oxygen atoms in total. The normalized spacial score (nSPS) is 23.4. The Bertz CT molecular complexity index is 3040. The fraction of sp³-hybridized carbons (Fsp3) is 0.466. The Morgan fingerprint density at radius 3 is 1.57 bits per heavy atom. The molecule has 6 aromatic rings. The number of carbonyl (C=O) groups is 5. The van der Waals surface area contributed by atoms with Gasteiger partial charge in [0, 0.05) is 68.3 Å². The van der Waals surface area contributed by atoms with E-state index < -0.39 is 24.4 Å². The number of nitrogens with zero attached hydrogens (tertiary/aromatic N) is 6. The molecule has 0 spiro atoms. The van der Waals surface area contributed by atoms with Crippen LogP contribution in [0.2, 0.25) is 0 Å². The van der Waals surface area contributed by atoms with Crippen LogP contribution in [0.1, 0.15) is 102 Å². The van der Waals surface area contributed by atoms with E-state index in [-0.39, 0.29) is 85.7 Å². The summed E-state index contributed by atoms with van der Waals surface area (Å²) in [7, 11) is 3.43. The number of likely N-dealkylation sites (N-methyl/N-ethyl adjacent to an activating group) is 2. The fourth-order valence-corrected chi connectivity index (χ4v) is 11.9. The third-order valence-electron chi connectivity index (χ3n) is 16.4. The maximum Gasteiger partial charge on any atom is 0.247 e. The third kappa shape index (κ3) is 10.9. The highest BCUT2D eigenvalue weighted by molar-refractivity contribution is 5.94. The minimum atomic E-state index is -1.07. The van der Waals surface area contributed by atoms with Gasteiger partial charge in [-0.2, -0.15) is 0 Å². The minimum absolute atomic E-state index is 0.0192. The SMILES string of the molecule is CNC(C)C(=O)NC1CN(C(=O)CCCCC(=O)N2CCC3CCC(c4nc5c(-c6ccccc6)cccc5[nH]4)N3C(=O)C(NC(O)C(C)NC)C2)CCC2CCC(c3nc4c(-c5ccccc5)cccc4[nH]3)N2C1=O. The summed E-state index contributed by atoms with van der Waals surface area (Å²) in [6.45, 7) is 4.48. The molecule has 0 bridgehead atoms. The molecule has 400 valence electrons. The minimum Gasteiger partial charge on any atom is -0.377 e. The van der Waals surface area contributed by atoms with Crippen LogP contribution >= 0.6 is 0 Å². The van der Waals surface area contributed by atoms with Crippen molar-refractivity contribution < 1.29 is 29.1 Å². The number of benzene rings is 4. The number of H-pyrrole nitrogens is 2. The maximum atomic E-state index is 14.9. The van der Waals surface area contributed by atoms with Crippen molar-refractivity contribution in [1.82, 2.24) is 60.8 Å². The molecule has 6 heterocycles. The van der Waals surface area contributed by atoms with Crippen molar-refractivity contribution in [3.05, 3.63) is 109 Å². The predicted molar refractivity (Wildman–Crippen MR) is 291 cm³/mol. The van der Waals surface area contributed by atoms with E-state index in [2.05, 4.69) is 67.6 Å². The lowest BCUT2D eigenvalue weighted by atomic mass is 10.0. The van der Waals surface area contributed by atoms with Gasteiger partial charge in [-0.1, -0.05) is 84.9 Å². The van der Waals surface area contributed by atoms with Crippen LogP contribution in [-0.2, 0) is 24.0 Å². The summed E-state index contributed by atoms with van der Waals surface area (Å²) in [5.41, 5.74) is 7.56. The number of fused-ring (bicyclic) bond motifs is 4. The number of aliphatic hydroxyl groups excluding tert-OH is 1. The van der Waals surface area contributed by atoms with Crippen LogP contribution in [0.3, 0.4) is 0 Å². The standard InChI is InChI=1S/C58H72N12O6/c1-35(59-3)55(73)63-45-33-67(31-29-39-25-27-47(69(39)57(45)75)53-61-43-21-13-19-41(51(43)65-53)37-15-7-5-8-16-37)49(71)23-11-12-24-50(72)68-32-30-40-26-28-48(70(40)58(76)46(34-68)64-56(74)36(2)60-4)54-62-44-22-14-20-42(52(44)66-54)38-17-9-6-10-18-38/h5-10,13-22,35-36,39-40,45-48,55,59-60,63,73H,11-12,23-34H2,1-4H3,(H,61,65)(H,62,66)(H,64,74). The summed E-state index contributed by atoms with van der Waals surface area (Å²) in [6.07, 6.45) is 4.16. The first-order valence-corrected chi connectivity index (χ1v) is 27.3. The highest BCUT2D eigenvalue weighted by Gasteiger charge is 2.46. The lowest BCUT2D eigenvalue weighted by molar-refractivity contribution is -0.145. The van der Waals surface area contributed by atoms with Gasteiger partial charge in [-0.15, -0.1) is 0 Å². The van der Waals surface area contributed by atoms with Crippen molar-refractivity contribution in [1.29, 1.82) is 0 Å². The van der Waals surface area contributed by atoms with Crippen LogP contribution in [0.25, 0.3) is 44.3 Å². The van der Waals surface area contributed by atoms with E-state index in [4.69, 9.17) is 9.97 Å². The first kappa shape index (κ1) is 52.5. The number of aromatic nitrogens is 4. The predicted octanol–water partition coefficient (Wildman–Crippen LogP) is 5.54. The number of imidazole rings is 2. The van der Waals surface area contributed by atoms with Crippen molar-refractivity contribution in [3.8, 4) is 22.3 Å². The molecular formula is C58H72N12O6. The Hall–Kier alpha value is -6.99. The number of unbranched alkanes of at least 4 members (excludes halogenated alkanes) is 1. The van der Waals surface area contributed by atoms with Gasteiger partial charge in [0.25, 0.3) is 0 Å². The van der Waals surface area contributed by atoms with Crippen LogP contribution in [0.15, 0.2) is 97.1 Å². The third-order valence-corrected chi connectivity index (χ3v) is 16.4. The van der Waals surface area contributed by atoms with Gasteiger partial charge >= 0.3 is 0 Å². The number of aliphatic hydroxyl groups is 1. The molecule has 76 heavy (non-hydrogen) atoms. The number of hydrogen-bond donors (Lipinski definition) is 7. The molecule has 9 unspecified atom stereocenters. The first-order chi connectivity index (χ1) is 36.9. The number of carbonyl (C=O) groups excluding carboxylic acids is 5. The van der Waals surface area contributed by atoms with Gasteiger partial charge in [0.15, 0.2) is 0 Å². The number of rotatable bonds is 16. The Morgan fingerprint density at radius 2 is 1.09 bits per heavy atom. The molecule has 7 N–H and O–H groups in total. The van der Waals surface area contributed by atoms with E-state index in [1.165, 1.54) is 0 Å². The van der Waals surface area contributed by atoms with Crippen molar-refractivity contribution >= 4 is 51.6 Å². The van der Waals surface area contributed by atoms with Gasteiger partial charge in [0.2, 0.25) is 29.5 Å².